The van der Waals surface area contributed by atoms with Gasteiger partial charge in [0.1, 0.15) is 4.90 Å². The van der Waals surface area contributed by atoms with E-state index in [4.69, 9.17) is 5.73 Å². The van der Waals surface area contributed by atoms with Crippen LogP contribution in [0.2, 0.25) is 0 Å². The van der Waals surface area contributed by atoms with Gasteiger partial charge in [-0.1, -0.05) is 57.2 Å². The first-order chi connectivity index (χ1) is 15.5. The van der Waals surface area contributed by atoms with Crippen molar-refractivity contribution >= 4 is 27.6 Å². The van der Waals surface area contributed by atoms with E-state index in [2.05, 4.69) is 9.50 Å². The Balaban J connectivity index is 1.90. The Morgan fingerprint density at radius 2 is 1.52 bits per heavy atom. The monoisotopic (exact) mass is 466 g/mol. The number of amides is 1. The van der Waals surface area contributed by atoms with E-state index in [1.807, 2.05) is 82.3 Å². The zero-order valence-corrected chi connectivity index (χ0v) is 20.2. The van der Waals surface area contributed by atoms with Crippen LogP contribution in [0.25, 0.3) is 0 Å². The average Bonchev–Trinajstić information content (AvgIpc) is 2.72. The third-order valence-corrected chi connectivity index (χ3v) is 6.67. The van der Waals surface area contributed by atoms with Gasteiger partial charge in [-0.15, -0.1) is 0 Å². The highest BCUT2D eigenvalue weighted by atomic mass is 32.2. The summed E-state index contributed by atoms with van der Waals surface area (Å²) in [4.78, 5) is 11.2. The molecule has 0 aliphatic heterocycles. The van der Waals surface area contributed by atoms with E-state index in [1.165, 1.54) is 6.07 Å². The van der Waals surface area contributed by atoms with Crippen LogP contribution in [0.4, 0.5) is 16.2 Å². The topological polar surface area (TPSA) is 98.5 Å². The Morgan fingerprint density at radius 3 is 2.09 bits per heavy atom. The standard InChI is InChI=1S/C26H30N2O4S/c1-18-10-17-23(33(30,31)32-25(27)29)22(24(18)26(2,3)4)16-13-19-11-14-21(15-12-19)28-20-8-6-5-7-9-20/h5-12,14-15,17,28H,13,16H2,1-4H3,(H2,27,29). The molecule has 174 valence electrons. The second-order valence-corrected chi connectivity index (χ2v) is 10.5. The van der Waals surface area contributed by atoms with Crippen molar-refractivity contribution in [2.24, 2.45) is 5.73 Å². The molecular formula is C26H30N2O4S. The van der Waals surface area contributed by atoms with Gasteiger partial charge in [0, 0.05) is 11.4 Å². The van der Waals surface area contributed by atoms with Crippen LogP contribution in [-0.2, 0) is 32.6 Å². The molecule has 0 saturated carbocycles. The lowest BCUT2D eigenvalue weighted by Gasteiger charge is -2.27. The number of para-hydroxylation sites is 1. The van der Waals surface area contributed by atoms with Crippen molar-refractivity contribution < 1.29 is 17.4 Å². The van der Waals surface area contributed by atoms with Crippen LogP contribution in [0, 0.1) is 6.92 Å². The normalized spacial score (nSPS) is 11.8. The number of rotatable bonds is 7. The van der Waals surface area contributed by atoms with Crippen molar-refractivity contribution in [1.82, 2.24) is 0 Å². The first-order valence-electron chi connectivity index (χ1n) is 10.8. The lowest BCUT2D eigenvalue weighted by Crippen LogP contribution is -2.23. The van der Waals surface area contributed by atoms with Crippen molar-refractivity contribution in [2.75, 3.05) is 5.32 Å². The largest absolute Gasteiger partial charge is 0.420 e. The third-order valence-electron chi connectivity index (χ3n) is 5.37. The van der Waals surface area contributed by atoms with Crippen LogP contribution in [0.15, 0.2) is 71.6 Å². The Morgan fingerprint density at radius 1 is 0.909 bits per heavy atom. The van der Waals surface area contributed by atoms with Gasteiger partial charge in [0.15, 0.2) is 0 Å². The highest BCUT2D eigenvalue weighted by molar-refractivity contribution is 7.87. The molecule has 0 heterocycles. The number of nitrogens with one attached hydrogen (secondary N) is 1. The second-order valence-electron chi connectivity index (χ2n) is 9.03. The van der Waals surface area contributed by atoms with Gasteiger partial charge < -0.3 is 15.2 Å². The van der Waals surface area contributed by atoms with Crippen LogP contribution < -0.4 is 11.1 Å². The van der Waals surface area contributed by atoms with E-state index < -0.39 is 16.2 Å². The molecule has 6 nitrogen and oxygen atoms in total. The fourth-order valence-corrected chi connectivity index (χ4v) is 5.18. The minimum atomic E-state index is -4.32. The molecule has 3 N–H and O–H groups in total. The summed E-state index contributed by atoms with van der Waals surface area (Å²) in [6.45, 7) is 8.07. The van der Waals surface area contributed by atoms with Crippen molar-refractivity contribution in [1.29, 1.82) is 0 Å². The summed E-state index contributed by atoms with van der Waals surface area (Å²) in [5, 5.41) is 3.35. The summed E-state index contributed by atoms with van der Waals surface area (Å²) < 4.78 is 30.0. The van der Waals surface area contributed by atoms with Crippen LogP contribution in [-0.4, -0.2) is 14.5 Å². The molecule has 7 heteroatoms. The van der Waals surface area contributed by atoms with Crippen molar-refractivity contribution in [3.8, 4) is 0 Å². The molecular weight excluding hydrogens is 436 g/mol. The van der Waals surface area contributed by atoms with Crippen molar-refractivity contribution in [2.45, 2.75) is 50.8 Å². The summed E-state index contributed by atoms with van der Waals surface area (Å²) >= 11 is 0. The zero-order valence-electron chi connectivity index (χ0n) is 19.4. The van der Waals surface area contributed by atoms with E-state index >= 15 is 0 Å². The summed E-state index contributed by atoms with van der Waals surface area (Å²) in [5.41, 5.74) is 10.3. The molecule has 0 radical (unpaired) electrons. The Labute approximate surface area is 195 Å². The number of hydrogen-bond acceptors (Lipinski definition) is 5. The molecule has 0 unspecified atom stereocenters. The maximum absolute atomic E-state index is 12.8. The number of anilines is 2. The Bertz CT molecular complexity index is 1230. The van der Waals surface area contributed by atoms with E-state index in [-0.39, 0.29) is 10.3 Å². The maximum Gasteiger partial charge on any atom is 0.420 e. The minimum absolute atomic E-state index is 0.0146. The fraction of sp³-hybridized carbons (Fsp3) is 0.269. The molecule has 3 aromatic rings. The Hall–Kier alpha value is -3.32. The number of carbonyl (C=O) groups is 1. The van der Waals surface area contributed by atoms with Gasteiger partial charge in [0.25, 0.3) is 0 Å². The van der Waals surface area contributed by atoms with Crippen LogP contribution in [0.5, 0.6) is 0 Å². The molecule has 0 saturated heterocycles. The molecule has 0 atom stereocenters. The third kappa shape index (κ3) is 6.14. The summed E-state index contributed by atoms with van der Waals surface area (Å²) in [7, 11) is -4.32. The quantitative estimate of drug-likeness (QED) is 0.441. The minimum Gasteiger partial charge on any atom is -0.356 e. The van der Waals surface area contributed by atoms with Crippen LogP contribution in [0.1, 0.15) is 43.0 Å². The maximum atomic E-state index is 12.8. The predicted molar refractivity (Wildman–Crippen MR) is 131 cm³/mol. The smallest absolute Gasteiger partial charge is 0.356 e. The van der Waals surface area contributed by atoms with Gasteiger partial charge in [0.05, 0.1) is 0 Å². The number of benzene rings is 3. The summed E-state index contributed by atoms with van der Waals surface area (Å²) in [6, 6.07) is 21.2. The van der Waals surface area contributed by atoms with Crippen LogP contribution in [0.3, 0.4) is 0 Å². The van der Waals surface area contributed by atoms with E-state index in [0.717, 1.165) is 28.1 Å². The van der Waals surface area contributed by atoms with Gasteiger partial charge >= 0.3 is 16.2 Å². The molecule has 3 aromatic carbocycles. The molecule has 0 aliphatic rings. The average molecular weight is 467 g/mol. The van der Waals surface area contributed by atoms with Crippen LogP contribution >= 0.6 is 0 Å². The molecule has 0 bridgehead atoms. The number of aryl methyl sites for hydroxylation is 2. The van der Waals surface area contributed by atoms with Gasteiger partial charge in [-0.2, -0.15) is 8.42 Å². The molecule has 0 fully saturated rings. The highest BCUT2D eigenvalue weighted by Crippen LogP contribution is 2.34. The molecule has 0 spiro atoms. The van der Waals surface area contributed by atoms with E-state index in [0.29, 0.717) is 18.4 Å². The first kappa shape index (κ1) is 24.3. The van der Waals surface area contributed by atoms with Gasteiger partial charge in [0.2, 0.25) is 0 Å². The number of hydrogen-bond donors (Lipinski definition) is 2. The molecule has 3 rings (SSSR count). The van der Waals surface area contributed by atoms with Gasteiger partial charge in [-0.3, -0.25) is 0 Å². The summed E-state index contributed by atoms with van der Waals surface area (Å²) in [5.74, 6) is 0. The molecule has 33 heavy (non-hydrogen) atoms. The summed E-state index contributed by atoms with van der Waals surface area (Å²) in [6.07, 6.45) is -0.256. The lowest BCUT2D eigenvalue weighted by molar-refractivity contribution is 0.212. The van der Waals surface area contributed by atoms with Crippen molar-refractivity contribution in [3.63, 3.8) is 0 Å². The number of nitrogens with two attached hydrogens (primary N) is 1. The lowest BCUT2D eigenvalue weighted by atomic mass is 9.79. The Kier molecular flexibility index (Phi) is 7.12. The highest BCUT2D eigenvalue weighted by Gasteiger charge is 2.29. The second kappa shape index (κ2) is 9.67. The predicted octanol–water partition coefficient (Wildman–Crippen LogP) is 5.61. The molecule has 1 amide bonds. The number of primary amides is 1. The number of carbonyl (C=O) groups excluding carboxylic acids is 1. The molecule has 0 aliphatic carbocycles. The first-order valence-corrected chi connectivity index (χ1v) is 12.2. The SMILES string of the molecule is Cc1ccc(S(=O)(=O)OC(N)=O)c(CCc2ccc(Nc3ccccc3)cc2)c1C(C)(C)C. The van der Waals surface area contributed by atoms with Crippen molar-refractivity contribution in [3.05, 3.63) is 89.0 Å². The van der Waals surface area contributed by atoms with E-state index in [9.17, 15) is 13.2 Å². The molecule has 0 aromatic heterocycles. The zero-order chi connectivity index (χ0) is 24.2. The van der Waals surface area contributed by atoms with Gasteiger partial charge in [-0.05, 0) is 77.8 Å². The fourth-order valence-electron chi connectivity index (χ4n) is 4.14. The van der Waals surface area contributed by atoms with Gasteiger partial charge in [-0.25, -0.2) is 4.79 Å². The van der Waals surface area contributed by atoms with E-state index in [1.54, 1.807) is 6.07 Å².